The first kappa shape index (κ1) is 30.7. The first-order valence-electron chi connectivity index (χ1n) is 18.0. The number of aromatic nitrogens is 3. The van der Waals surface area contributed by atoms with Crippen LogP contribution >= 0.6 is 11.3 Å². The highest BCUT2D eigenvalue weighted by molar-refractivity contribution is 7.26. The third kappa shape index (κ3) is 5.09. The van der Waals surface area contributed by atoms with Crippen molar-refractivity contribution in [1.29, 1.82) is 0 Å². The van der Waals surface area contributed by atoms with Gasteiger partial charge < -0.3 is 4.42 Å². The average molecular weight is 708 g/mol. The maximum Gasteiger partial charge on any atom is 0.165 e. The molecule has 3 heterocycles. The second kappa shape index (κ2) is 12.3. The second-order valence-corrected chi connectivity index (χ2v) is 14.6. The van der Waals surface area contributed by atoms with Gasteiger partial charge in [-0.05, 0) is 69.4 Å². The van der Waals surface area contributed by atoms with Crippen LogP contribution in [0.1, 0.15) is 0 Å². The van der Waals surface area contributed by atoms with Crippen molar-refractivity contribution in [2.75, 3.05) is 0 Å². The molecule has 0 aliphatic heterocycles. The fraction of sp³-hybridized carbons (Fsp3) is 0. The Hall–Kier alpha value is -6.95. The molecule has 8 aromatic carbocycles. The van der Waals surface area contributed by atoms with Gasteiger partial charge in [-0.3, -0.25) is 0 Å². The standard InChI is InChI=1S/C49H29N3OS/c1-2-11-32(12-3-1)47-50-48(52-49(51-47)41-17-8-16-39-38-14-6-7-19-44(38)54-46(39)41)33-23-20-31(21-24-33)35-26-27-40-43(29-35)53-42-18-9-15-37(45(40)42)36-25-22-30-10-4-5-13-34(30)28-36/h1-29H. The third-order valence-corrected chi connectivity index (χ3v) is 11.6. The zero-order valence-electron chi connectivity index (χ0n) is 28.9. The Labute approximate surface area is 314 Å². The van der Waals surface area contributed by atoms with Gasteiger partial charge in [-0.1, -0.05) is 140 Å². The summed E-state index contributed by atoms with van der Waals surface area (Å²) in [6, 6.07) is 61.5. The van der Waals surface area contributed by atoms with Crippen LogP contribution in [0.3, 0.4) is 0 Å². The van der Waals surface area contributed by atoms with Gasteiger partial charge in [0.1, 0.15) is 11.2 Å². The lowest BCUT2D eigenvalue weighted by Crippen LogP contribution is -2.00. The Morgan fingerprint density at radius 1 is 0.370 bits per heavy atom. The van der Waals surface area contributed by atoms with E-state index in [0.29, 0.717) is 17.5 Å². The lowest BCUT2D eigenvalue weighted by molar-refractivity contribution is 0.669. The Balaban J connectivity index is 0.985. The average Bonchev–Trinajstić information content (AvgIpc) is 3.82. The van der Waals surface area contributed by atoms with Crippen LogP contribution in [0.5, 0.6) is 0 Å². The molecule has 0 spiro atoms. The topological polar surface area (TPSA) is 51.8 Å². The van der Waals surface area contributed by atoms with Crippen LogP contribution in [0.2, 0.25) is 0 Å². The van der Waals surface area contributed by atoms with Crippen molar-refractivity contribution in [2.24, 2.45) is 0 Å². The quantitative estimate of drug-likeness (QED) is 0.179. The summed E-state index contributed by atoms with van der Waals surface area (Å²) in [7, 11) is 0. The summed E-state index contributed by atoms with van der Waals surface area (Å²) in [5.74, 6) is 1.95. The van der Waals surface area contributed by atoms with Crippen LogP contribution in [-0.2, 0) is 0 Å². The van der Waals surface area contributed by atoms with Gasteiger partial charge in [-0.2, -0.15) is 0 Å². The zero-order chi connectivity index (χ0) is 35.6. The molecule has 0 N–H and O–H groups in total. The van der Waals surface area contributed by atoms with Crippen LogP contribution in [0.15, 0.2) is 180 Å². The first-order valence-corrected chi connectivity index (χ1v) is 18.8. The SMILES string of the molecule is c1ccc(-c2nc(-c3ccc(-c4ccc5c(c4)oc4cccc(-c6ccc7ccccc7c6)c45)cc3)nc(-c3cccc4c3sc3ccccc34)n2)cc1. The van der Waals surface area contributed by atoms with Crippen molar-refractivity contribution in [3.8, 4) is 56.4 Å². The van der Waals surface area contributed by atoms with E-state index in [1.165, 1.54) is 42.1 Å². The third-order valence-electron chi connectivity index (χ3n) is 10.3. The van der Waals surface area contributed by atoms with Crippen LogP contribution in [0.4, 0.5) is 0 Å². The lowest BCUT2D eigenvalue weighted by atomic mass is 9.96. The summed E-state index contributed by atoms with van der Waals surface area (Å²) in [4.78, 5) is 15.2. The van der Waals surface area contributed by atoms with E-state index in [4.69, 9.17) is 19.4 Å². The number of benzene rings is 8. The summed E-state index contributed by atoms with van der Waals surface area (Å²) in [6.07, 6.45) is 0. The molecule has 11 rings (SSSR count). The molecule has 0 saturated carbocycles. The molecular formula is C49H29N3OS. The van der Waals surface area contributed by atoms with Crippen LogP contribution < -0.4 is 0 Å². The van der Waals surface area contributed by atoms with Crippen molar-refractivity contribution in [3.63, 3.8) is 0 Å². The van der Waals surface area contributed by atoms with E-state index in [0.717, 1.165) is 49.8 Å². The Morgan fingerprint density at radius 2 is 1.02 bits per heavy atom. The van der Waals surface area contributed by atoms with Crippen molar-refractivity contribution >= 4 is 64.2 Å². The second-order valence-electron chi connectivity index (χ2n) is 13.6. The van der Waals surface area contributed by atoms with Crippen LogP contribution in [0.25, 0.3) is 109 Å². The summed E-state index contributed by atoms with van der Waals surface area (Å²) in [5, 5.41) is 7.16. The van der Waals surface area contributed by atoms with Crippen molar-refractivity contribution < 1.29 is 4.42 Å². The highest BCUT2D eigenvalue weighted by atomic mass is 32.1. The molecule has 0 amide bonds. The predicted octanol–water partition coefficient (Wildman–Crippen LogP) is 13.6. The fourth-order valence-corrected chi connectivity index (χ4v) is 8.89. The molecule has 0 saturated heterocycles. The molecule has 0 aliphatic carbocycles. The van der Waals surface area contributed by atoms with E-state index in [1.807, 2.05) is 30.3 Å². The molecule has 4 nitrogen and oxygen atoms in total. The number of nitrogens with zero attached hydrogens (tertiary/aromatic N) is 3. The Morgan fingerprint density at radius 3 is 1.89 bits per heavy atom. The lowest BCUT2D eigenvalue weighted by Gasteiger charge is -2.10. The van der Waals surface area contributed by atoms with E-state index in [9.17, 15) is 0 Å². The molecule has 0 radical (unpaired) electrons. The largest absolute Gasteiger partial charge is 0.456 e. The van der Waals surface area contributed by atoms with Gasteiger partial charge in [0, 0.05) is 47.6 Å². The van der Waals surface area contributed by atoms with E-state index < -0.39 is 0 Å². The summed E-state index contributed by atoms with van der Waals surface area (Å²) >= 11 is 1.78. The van der Waals surface area contributed by atoms with Crippen LogP contribution in [0, 0.1) is 0 Å². The molecule has 0 atom stereocenters. The van der Waals surface area contributed by atoms with Gasteiger partial charge in [0.05, 0.1) is 0 Å². The molecule has 11 aromatic rings. The van der Waals surface area contributed by atoms with E-state index in [2.05, 4.69) is 146 Å². The molecule has 0 aliphatic rings. The first-order chi connectivity index (χ1) is 26.7. The highest BCUT2D eigenvalue weighted by Gasteiger charge is 2.18. The number of thiophene rings is 1. The minimum atomic E-state index is 0.637. The molecule has 5 heteroatoms. The highest BCUT2D eigenvalue weighted by Crippen LogP contribution is 2.41. The van der Waals surface area contributed by atoms with Crippen LogP contribution in [-0.4, -0.2) is 15.0 Å². The Kier molecular flexibility index (Phi) is 7.00. The molecule has 0 bridgehead atoms. The van der Waals surface area contributed by atoms with E-state index in [1.54, 1.807) is 11.3 Å². The van der Waals surface area contributed by atoms with Gasteiger partial charge in [-0.15, -0.1) is 11.3 Å². The summed E-state index contributed by atoms with van der Waals surface area (Å²) < 4.78 is 8.92. The smallest absolute Gasteiger partial charge is 0.165 e. The number of rotatable bonds is 5. The number of furan rings is 1. The Bertz CT molecular complexity index is 3220. The predicted molar refractivity (Wildman–Crippen MR) is 225 cm³/mol. The molecule has 0 fully saturated rings. The fourth-order valence-electron chi connectivity index (χ4n) is 7.68. The van der Waals surface area contributed by atoms with Gasteiger partial charge >= 0.3 is 0 Å². The van der Waals surface area contributed by atoms with E-state index >= 15 is 0 Å². The normalized spacial score (nSPS) is 11.7. The zero-order valence-corrected chi connectivity index (χ0v) is 29.7. The summed E-state index contributed by atoms with van der Waals surface area (Å²) in [6.45, 7) is 0. The van der Waals surface area contributed by atoms with Crippen molar-refractivity contribution in [3.05, 3.63) is 176 Å². The molecule has 252 valence electrons. The van der Waals surface area contributed by atoms with Gasteiger partial charge in [0.25, 0.3) is 0 Å². The minimum Gasteiger partial charge on any atom is -0.456 e. The minimum absolute atomic E-state index is 0.637. The number of hydrogen-bond donors (Lipinski definition) is 0. The maximum atomic E-state index is 6.49. The van der Waals surface area contributed by atoms with E-state index in [-0.39, 0.29) is 0 Å². The number of fused-ring (bicyclic) bond motifs is 7. The van der Waals surface area contributed by atoms with Gasteiger partial charge in [0.2, 0.25) is 0 Å². The maximum absolute atomic E-state index is 6.49. The van der Waals surface area contributed by atoms with Crippen molar-refractivity contribution in [1.82, 2.24) is 15.0 Å². The number of hydrogen-bond acceptors (Lipinski definition) is 5. The summed E-state index contributed by atoms with van der Waals surface area (Å²) in [5.41, 5.74) is 9.15. The van der Waals surface area contributed by atoms with Crippen molar-refractivity contribution in [2.45, 2.75) is 0 Å². The molecule has 0 unspecified atom stereocenters. The molecule has 54 heavy (non-hydrogen) atoms. The van der Waals surface area contributed by atoms with Gasteiger partial charge in [0.15, 0.2) is 17.5 Å². The molecular weight excluding hydrogens is 679 g/mol. The monoisotopic (exact) mass is 707 g/mol. The molecule has 3 aromatic heterocycles. The van der Waals surface area contributed by atoms with Gasteiger partial charge in [-0.25, -0.2) is 15.0 Å².